The van der Waals surface area contributed by atoms with Crippen LogP contribution in [0.4, 0.5) is 0 Å². The third kappa shape index (κ3) is 3.54. The van der Waals surface area contributed by atoms with Crippen LogP contribution in [-0.4, -0.2) is 24.0 Å². The van der Waals surface area contributed by atoms with Crippen LogP contribution >= 0.6 is 11.3 Å². The summed E-state index contributed by atoms with van der Waals surface area (Å²) in [4.78, 5) is 4.05. The smallest absolute Gasteiger partial charge is 0.0349 e. The summed E-state index contributed by atoms with van der Waals surface area (Å²) in [5.74, 6) is 0. The Balaban J connectivity index is 1.88. The van der Waals surface area contributed by atoms with E-state index in [1.807, 2.05) is 11.3 Å². The average molecular weight is 300 g/mol. The molecule has 2 nitrogen and oxygen atoms in total. The van der Waals surface area contributed by atoms with Crippen LogP contribution in [-0.2, 0) is 13.1 Å². The van der Waals surface area contributed by atoms with Crippen molar-refractivity contribution in [3.05, 3.63) is 46.9 Å². The van der Waals surface area contributed by atoms with E-state index in [0.717, 1.165) is 19.6 Å². The second-order valence-electron chi connectivity index (χ2n) is 6.03. The third-order valence-electron chi connectivity index (χ3n) is 3.98. The predicted molar refractivity (Wildman–Crippen MR) is 92.8 cm³/mol. The summed E-state index contributed by atoms with van der Waals surface area (Å²) in [6.45, 7) is 8.74. The maximum absolute atomic E-state index is 3.58. The summed E-state index contributed by atoms with van der Waals surface area (Å²) in [6, 6.07) is 9.36. The van der Waals surface area contributed by atoms with Crippen molar-refractivity contribution in [2.24, 2.45) is 0 Å². The Morgan fingerprint density at radius 2 is 2.10 bits per heavy atom. The van der Waals surface area contributed by atoms with E-state index in [2.05, 4.69) is 60.5 Å². The van der Waals surface area contributed by atoms with Gasteiger partial charge in [0.25, 0.3) is 0 Å². The maximum Gasteiger partial charge on any atom is 0.0349 e. The van der Waals surface area contributed by atoms with Crippen molar-refractivity contribution in [3.63, 3.8) is 0 Å². The van der Waals surface area contributed by atoms with Gasteiger partial charge in [-0.1, -0.05) is 44.2 Å². The monoisotopic (exact) mass is 300 g/mol. The highest BCUT2D eigenvalue weighted by Crippen LogP contribution is 2.32. The zero-order valence-corrected chi connectivity index (χ0v) is 13.7. The largest absolute Gasteiger partial charge is 0.310 e. The third-order valence-corrected chi connectivity index (χ3v) is 5.19. The standard InChI is InChI=1S/C18H24N2S/c1-14(2)19-12-18-16(13-20-10-6-3-7-11-20)15-8-4-5-9-17(15)21-18/h3-6,8-9,14,19H,7,10-13H2,1-2H3. The molecule has 0 bridgehead atoms. The SMILES string of the molecule is CC(C)NCc1sc2ccccc2c1CN1CC=CCC1. The molecule has 21 heavy (non-hydrogen) atoms. The predicted octanol–water partition coefficient (Wildman–Crippen LogP) is 4.16. The Hall–Kier alpha value is -1.16. The summed E-state index contributed by atoms with van der Waals surface area (Å²) >= 11 is 1.95. The summed E-state index contributed by atoms with van der Waals surface area (Å²) in [5, 5.41) is 5.02. The maximum atomic E-state index is 3.58. The van der Waals surface area contributed by atoms with Crippen LogP contribution in [0, 0.1) is 0 Å². The first-order chi connectivity index (χ1) is 10.2. The quantitative estimate of drug-likeness (QED) is 0.834. The van der Waals surface area contributed by atoms with E-state index >= 15 is 0 Å². The fourth-order valence-corrected chi connectivity index (χ4v) is 3.99. The van der Waals surface area contributed by atoms with Crippen molar-refractivity contribution in [2.75, 3.05) is 13.1 Å². The van der Waals surface area contributed by atoms with Gasteiger partial charge in [-0.3, -0.25) is 4.90 Å². The van der Waals surface area contributed by atoms with Crippen LogP contribution in [0.15, 0.2) is 36.4 Å². The normalized spacial score (nSPS) is 16.1. The van der Waals surface area contributed by atoms with Gasteiger partial charge < -0.3 is 5.32 Å². The molecular formula is C18H24N2S. The summed E-state index contributed by atoms with van der Waals surface area (Å²) in [6.07, 6.45) is 5.77. The molecule has 0 radical (unpaired) electrons. The summed E-state index contributed by atoms with van der Waals surface area (Å²) < 4.78 is 1.42. The minimum atomic E-state index is 0.529. The second kappa shape index (κ2) is 6.73. The zero-order chi connectivity index (χ0) is 14.7. The zero-order valence-electron chi connectivity index (χ0n) is 12.9. The molecule has 0 fully saturated rings. The van der Waals surface area contributed by atoms with Crippen LogP contribution in [0.25, 0.3) is 10.1 Å². The number of hydrogen-bond donors (Lipinski definition) is 1. The molecule has 1 aliphatic rings. The molecule has 1 aromatic carbocycles. The lowest BCUT2D eigenvalue weighted by molar-refractivity contribution is 0.291. The lowest BCUT2D eigenvalue weighted by Crippen LogP contribution is -2.27. The van der Waals surface area contributed by atoms with E-state index in [0.29, 0.717) is 6.04 Å². The fourth-order valence-electron chi connectivity index (χ4n) is 2.82. The van der Waals surface area contributed by atoms with Gasteiger partial charge in [-0.15, -0.1) is 11.3 Å². The van der Waals surface area contributed by atoms with Crippen molar-refractivity contribution in [1.29, 1.82) is 0 Å². The van der Waals surface area contributed by atoms with E-state index in [4.69, 9.17) is 0 Å². The van der Waals surface area contributed by atoms with Gasteiger partial charge in [-0.05, 0) is 23.4 Å². The topological polar surface area (TPSA) is 15.3 Å². The first-order valence-electron chi connectivity index (χ1n) is 7.84. The number of benzene rings is 1. The van der Waals surface area contributed by atoms with Gasteiger partial charge in [0.2, 0.25) is 0 Å². The lowest BCUT2D eigenvalue weighted by atomic mass is 10.1. The van der Waals surface area contributed by atoms with Crippen molar-refractivity contribution in [2.45, 2.75) is 39.4 Å². The highest BCUT2D eigenvalue weighted by molar-refractivity contribution is 7.19. The summed E-state index contributed by atoms with van der Waals surface area (Å²) in [5.41, 5.74) is 1.53. The van der Waals surface area contributed by atoms with Gasteiger partial charge in [0.1, 0.15) is 0 Å². The van der Waals surface area contributed by atoms with E-state index in [1.165, 1.54) is 33.5 Å². The molecule has 1 aliphatic heterocycles. The van der Waals surface area contributed by atoms with E-state index in [1.54, 1.807) is 0 Å². The molecule has 3 heteroatoms. The average Bonchev–Trinajstić information content (AvgIpc) is 2.84. The fraction of sp³-hybridized carbons (Fsp3) is 0.444. The number of nitrogens with one attached hydrogen (secondary N) is 1. The second-order valence-corrected chi connectivity index (χ2v) is 7.17. The van der Waals surface area contributed by atoms with Crippen LogP contribution in [0.2, 0.25) is 0 Å². The molecular weight excluding hydrogens is 276 g/mol. The summed E-state index contributed by atoms with van der Waals surface area (Å²) in [7, 11) is 0. The highest BCUT2D eigenvalue weighted by Gasteiger charge is 2.15. The first kappa shape index (κ1) is 14.8. The van der Waals surface area contributed by atoms with Gasteiger partial charge >= 0.3 is 0 Å². The van der Waals surface area contributed by atoms with Gasteiger partial charge in [0, 0.05) is 41.8 Å². The number of nitrogens with zero attached hydrogens (tertiary/aromatic N) is 1. The molecule has 0 saturated carbocycles. The molecule has 0 amide bonds. The van der Waals surface area contributed by atoms with E-state index in [-0.39, 0.29) is 0 Å². The molecule has 1 aromatic heterocycles. The molecule has 1 N–H and O–H groups in total. The lowest BCUT2D eigenvalue weighted by Gasteiger charge is -2.23. The Labute approximate surface area is 131 Å². The Kier molecular flexibility index (Phi) is 4.73. The van der Waals surface area contributed by atoms with Gasteiger partial charge in [0.05, 0.1) is 0 Å². The highest BCUT2D eigenvalue weighted by atomic mass is 32.1. The molecule has 2 aromatic rings. The molecule has 3 rings (SSSR count). The van der Waals surface area contributed by atoms with Gasteiger partial charge in [-0.25, -0.2) is 0 Å². The molecule has 0 aliphatic carbocycles. The van der Waals surface area contributed by atoms with Crippen LogP contribution < -0.4 is 5.32 Å². The molecule has 0 unspecified atom stereocenters. The number of hydrogen-bond acceptors (Lipinski definition) is 3. The minimum absolute atomic E-state index is 0.529. The van der Waals surface area contributed by atoms with Gasteiger partial charge in [0.15, 0.2) is 0 Å². The number of rotatable bonds is 5. The molecule has 2 heterocycles. The molecule has 112 valence electrons. The Bertz CT molecular complexity index is 627. The van der Waals surface area contributed by atoms with E-state index < -0.39 is 0 Å². The number of fused-ring (bicyclic) bond motifs is 1. The van der Waals surface area contributed by atoms with Crippen molar-refractivity contribution >= 4 is 21.4 Å². The molecule has 0 atom stereocenters. The van der Waals surface area contributed by atoms with Crippen molar-refractivity contribution in [3.8, 4) is 0 Å². The van der Waals surface area contributed by atoms with Crippen LogP contribution in [0.5, 0.6) is 0 Å². The Morgan fingerprint density at radius 3 is 2.86 bits per heavy atom. The van der Waals surface area contributed by atoms with Crippen molar-refractivity contribution < 1.29 is 0 Å². The molecule has 0 spiro atoms. The van der Waals surface area contributed by atoms with Crippen LogP contribution in [0.3, 0.4) is 0 Å². The van der Waals surface area contributed by atoms with Crippen LogP contribution in [0.1, 0.15) is 30.7 Å². The minimum Gasteiger partial charge on any atom is -0.310 e. The number of thiophene rings is 1. The van der Waals surface area contributed by atoms with Crippen molar-refractivity contribution in [1.82, 2.24) is 10.2 Å². The first-order valence-corrected chi connectivity index (χ1v) is 8.65. The molecule has 0 saturated heterocycles. The van der Waals surface area contributed by atoms with Gasteiger partial charge in [-0.2, -0.15) is 0 Å². The van der Waals surface area contributed by atoms with E-state index in [9.17, 15) is 0 Å². The Morgan fingerprint density at radius 1 is 1.24 bits per heavy atom.